The first-order valence-electron chi connectivity index (χ1n) is 7.37. The van der Waals surface area contributed by atoms with Gasteiger partial charge in [0.1, 0.15) is 0 Å². The molecule has 1 aromatic rings. The highest BCUT2D eigenvalue weighted by atomic mass is 16.5. The maximum absolute atomic E-state index is 11.8. The molecule has 0 heterocycles. The second-order valence-electron chi connectivity index (χ2n) is 5.95. The number of amides is 1. The van der Waals surface area contributed by atoms with Gasteiger partial charge in [0.25, 0.3) is 5.91 Å². The van der Waals surface area contributed by atoms with Crippen LogP contribution in [-0.4, -0.2) is 24.5 Å². The Kier molecular flexibility index (Phi) is 6.40. The Labute approximate surface area is 126 Å². The summed E-state index contributed by atoms with van der Waals surface area (Å²) >= 11 is 0. The highest BCUT2D eigenvalue weighted by Crippen LogP contribution is 2.15. The largest absolute Gasteiger partial charge is 0.452 e. The van der Waals surface area contributed by atoms with E-state index in [0.29, 0.717) is 17.4 Å². The fraction of sp³-hybridized carbons (Fsp3) is 0.529. The zero-order valence-electron chi connectivity index (χ0n) is 13.5. The van der Waals surface area contributed by atoms with Crippen molar-refractivity contribution in [1.29, 1.82) is 0 Å². The molecule has 0 aromatic heterocycles. The lowest BCUT2D eigenvalue weighted by Gasteiger charge is -2.17. The van der Waals surface area contributed by atoms with Gasteiger partial charge in [0.05, 0.1) is 5.56 Å². The first kappa shape index (κ1) is 17.2. The van der Waals surface area contributed by atoms with Crippen molar-refractivity contribution < 1.29 is 14.3 Å². The molecule has 1 aromatic carbocycles. The lowest BCUT2D eigenvalue weighted by molar-refractivity contribution is -0.125. The van der Waals surface area contributed by atoms with Crippen LogP contribution in [0, 0.1) is 5.92 Å². The van der Waals surface area contributed by atoms with E-state index in [2.05, 4.69) is 19.2 Å². The van der Waals surface area contributed by atoms with Crippen LogP contribution in [0.4, 0.5) is 0 Å². The highest BCUT2D eigenvalue weighted by Gasteiger charge is 2.14. The van der Waals surface area contributed by atoms with Crippen molar-refractivity contribution in [3.05, 3.63) is 35.4 Å². The number of hydrogen-bond donors (Lipinski definition) is 1. The number of rotatable bonds is 6. The van der Waals surface area contributed by atoms with Crippen molar-refractivity contribution >= 4 is 11.9 Å². The minimum Gasteiger partial charge on any atom is -0.452 e. The molecule has 1 amide bonds. The average Bonchev–Trinajstić information content (AvgIpc) is 2.44. The summed E-state index contributed by atoms with van der Waals surface area (Å²) in [5.41, 5.74) is 1.62. The van der Waals surface area contributed by atoms with E-state index in [1.54, 1.807) is 12.1 Å². The topological polar surface area (TPSA) is 55.4 Å². The predicted molar refractivity (Wildman–Crippen MR) is 83.3 cm³/mol. The van der Waals surface area contributed by atoms with Crippen molar-refractivity contribution in [2.75, 3.05) is 6.61 Å². The first-order valence-corrected chi connectivity index (χ1v) is 7.37. The molecule has 0 aliphatic heterocycles. The van der Waals surface area contributed by atoms with E-state index in [9.17, 15) is 9.59 Å². The Bertz CT molecular complexity index is 477. The van der Waals surface area contributed by atoms with Crippen LogP contribution in [0.2, 0.25) is 0 Å². The summed E-state index contributed by atoms with van der Waals surface area (Å²) in [5, 5.41) is 2.79. The van der Waals surface area contributed by atoms with Crippen LogP contribution < -0.4 is 5.32 Å². The molecule has 0 saturated heterocycles. The molecule has 0 bridgehead atoms. The predicted octanol–water partition coefficient (Wildman–Crippen LogP) is 3.13. The zero-order valence-corrected chi connectivity index (χ0v) is 13.5. The fourth-order valence-corrected chi connectivity index (χ4v) is 1.68. The van der Waals surface area contributed by atoms with Gasteiger partial charge >= 0.3 is 5.97 Å². The molecule has 0 unspecified atom stereocenters. The van der Waals surface area contributed by atoms with Gasteiger partial charge in [-0.2, -0.15) is 0 Å². The SMILES string of the molecule is CC(C)c1ccc(C(=O)OCC(=O)N[C@H](C)C(C)C)cc1. The summed E-state index contributed by atoms with van der Waals surface area (Å²) in [6.07, 6.45) is 0. The summed E-state index contributed by atoms with van der Waals surface area (Å²) in [5.74, 6) is 0.00704. The van der Waals surface area contributed by atoms with Crippen LogP contribution in [0.5, 0.6) is 0 Å². The average molecular weight is 291 g/mol. The second-order valence-corrected chi connectivity index (χ2v) is 5.95. The van der Waals surface area contributed by atoms with Crippen molar-refractivity contribution in [2.24, 2.45) is 5.92 Å². The number of benzene rings is 1. The third kappa shape index (κ3) is 5.58. The maximum Gasteiger partial charge on any atom is 0.338 e. The van der Waals surface area contributed by atoms with Gasteiger partial charge in [0.15, 0.2) is 6.61 Å². The Morgan fingerprint density at radius 3 is 2.10 bits per heavy atom. The normalized spacial score (nSPS) is 12.3. The number of nitrogens with one attached hydrogen (secondary N) is 1. The van der Waals surface area contributed by atoms with Crippen LogP contribution in [-0.2, 0) is 9.53 Å². The van der Waals surface area contributed by atoms with Crippen LogP contribution >= 0.6 is 0 Å². The molecular formula is C17H25NO3. The van der Waals surface area contributed by atoms with E-state index < -0.39 is 5.97 Å². The summed E-state index contributed by atoms with van der Waals surface area (Å²) in [7, 11) is 0. The number of carbonyl (C=O) groups excluding carboxylic acids is 2. The molecule has 0 radical (unpaired) electrons. The van der Waals surface area contributed by atoms with Crippen molar-refractivity contribution in [3.8, 4) is 0 Å². The van der Waals surface area contributed by atoms with Gasteiger partial charge in [-0.05, 0) is 36.5 Å². The molecule has 1 rings (SSSR count). The van der Waals surface area contributed by atoms with E-state index >= 15 is 0 Å². The smallest absolute Gasteiger partial charge is 0.338 e. The third-order valence-corrected chi connectivity index (χ3v) is 3.54. The third-order valence-electron chi connectivity index (χ3n) is 3.54. The molecule has 0 aliphatic carbocycles. The standard InChI is InChI=1S/C17H25NO3/c1-11(2)13(5)18-16(19)10-21-17(20)15-8-6-14(7-9-15)12(3)4/h6-9,11-13H,10H2,1-5H3,(H,18,19)/t13-/m1/s1. The Morgan fingerprint density at radius 2 is 1.62 bits per heavy atom. The quantitative estimate of drug-likeness (QED) is 0.819. The number of hydrogen-bond acceptors (Lipinski definition) is 3. The summed E-state index contributed by atoms with van der Waals surface area (Å²) < 4.78 is 5.02. The zero-order chi connectivity index (χ0) is 16.0. The molecule has 0 saturated carbocycles. The van der Waals surface area contributed by atoms with Gasteiger partial charge in [-0.15, -0.1) is 0 Å². The lowest BCUT2D eigenvalue weighted by atomic mass is 10.0. The summed E-state index contributed by atoms with van der Waals surface area (Å²) in [4.78, 5) is 23.5. The Balaban J connectivity index is 2.48. The summed E-state index contributed by atoms with van der Waals surface area (Å²) in [6.45, 7) is 9.90. The highest BCUT2D eigenvalue weighted by molar-refractivity contribution is 5.91. The molecule has 0 fully saturated rings. The lowest BCUT2D eigenvalue weighted by Crippen LogP contribution is -2.38. The van der Waals surface area contributed by atoms with Crippen molar-refractivity contribution in [3.63, 3.8) is 0 Å². The van der Waals surface area contributed by atoms with Crippen LogP contribution in [0.1, 0.15) is 56.5 Å². The number of ether oxygens (including phenoxy) is 1. The van der Waals surface area contributed by atoms with E-state index in [1.807, 2.05) is 32.9 Å². The Morgan fingerprint density at radius 1 is 1.05 bits per heavy atom. The van der Waals surface area contributed by atoms with Crippen LogP contribution in [0.3, 0.4) is 0 Å². The molecule has 1 N–H and O–H groups in total. The molecule has 4 nitrogen and oxygen atoms in total. The van der Waals surface area contributed by atoms with Gasteiger partial charge < -0.3 is 10.1 Å². The van der Waals surface area contributed by atoms with Crippen molar-refractivity contribution in [2.45, 2.75) is 46.6 Å². The van der Waals surface area contributed by atoms with Gasteiger partial charge in [-0.3, -0.25) is 4.79 Å². The van der Waals surface area contributed by atoms with Gasteiger partial charge in [0, 0.05) is 6.04 Å². The molecule has 1 atom stereocenters. The second kappa shape index (κ2) is 7.81. The van der Waals surface area contributed by atoms with Gasteiger partial charge in [-0.25, -0.2) is 4.79 Å². The minimum atomic E-state index is -0.474. The molecule has 4 heteroatoms. The maximum atomic E-state index is 11.8. The van der Waals surface area contributed by atoms with E-state index in [0.717, 1.165) is 5.56 Å². The van der Waals surface area contributed by atoms with E-state index in [1.165, 1.54) is 0 Å². The Hall–Kier alpha value is -1.84. The van der Waals surface area contributed by atoms with Crippen LogP contribution in [0.25, 0.3) is 0 Å². The molecule has 0 aliphatic rings. The fourth-order valence-electron chi connectivity index (χ4n) is 1.68. The monoisotopic (exact) mass is 291 g/mol. The van der Waals surface area contributed by atoms with Crippen molar-refractivity contribution in [1.82, 2.24) is 5.32 Å². The molecule has 21 heavy (non-hydrogen) atoms. The first-order chi connectivity index (χ1) is 9.81. The summed E-state index contributed by atoms with van der Waals surface area (Å²) in [6, 6.07) is 7.32. The molecular weight excluding hydrogens is 266 g/mol. The molecule has 116 valence electrons. The van der Waals surface area contributed by atoms with E-state index in [4.69, 9.17) is 4.74 Å². The van der Waals surface area contributed by atoms with Gasteiger partial charge in [-0.1, -0.05) is 39.8 Å². The molecule has 0 spiro atoms. The van der Waals surface area contributed by atoms with Crippen LogP contribution in [0.15, 0.2) is 24.3 Å². The minimum absolute atomic E-state index is 0.0570. The van der Waals surface area contributed by atoms with Gasteiger partial charge in [0.2, 0.25) is 0 Å². The van der Waals surface area contributed by atoms with E-state index in [-0.39, 0.29) is 18.6 Å². The number of esters is 1. The number of carbonyl (C=O) groups is 2.